The topological polar surface area (TPSA) is 81.1 Å². The van der Waals surface area contributed by atoms with Gasteiger partial charge in [0, 0.05) is 11.8 Å². The van der Waals surface area contributed by atoms with E-state index in [1.165, 1.54) is 25.3 Å². The van der Waals surface area contributed by atoms with Gasteiger partial charge in [-0.15, -0.1) is 0 Å². The summed E-state index contributed by atoms with van der Waals surface area (Å²) in [4.78, 5) is 11.7. The Hall–Kier alpha value is -3.14. The molecule has 1 N–H and O–H groups in total. The molecule has 0 aliphatic carbocycles. The number of nitrogens with one attached hydrogen (secondary N) is 1. The van der Waals surface area contributed by atoms with E-state index in [-0.39, 0.29) is 11.3 Å². The number of amides is 1. The van der Waals surface area contributed by atoms with Gasteiger partial charge in [0.25, 0.3) is 15.9 Å². The normalized spacial score (nSPS) is 11.5. The van der Waals surface area contributed by atoms with Gasteiger partial charge in [0.15, 0.2) is 17.3 Å². The van der Waals surface area contributed by atoms with Crippen molar-refractivity contribution in [1.29, 1.82) is 0 Å². The van der Waals surface area contributed by atoms with Crippen LogP contribution in [0.1, 0.15) is 21.6 Å². The molecule has 3 rings (SSSR count). The summed E-state index contributed by atoms with van der Waals surface area (Å²) in [6.45, 7) is 2.99. The molecule has 0 fully saturated rings. The molecule has 3 aromatic rings. The molecule has 0 bridgehead atoms. The maximum atomic E-state index is 14.0. The third-order valence-electron chi connectivity index (χ3n) is 3.88. The molecule has 0 aliphatic rings. The van der Waals surface area contributed by atoms with Crippen LogP contribution in [-0.4, -0.2) is 24.1 Å². The molecule has 0 saturated carbocycles. The van der Waals surface area contributed by atoms with Crippen molar-refractivity contribution < 1.29 is 26.4 Å². The minimum atomic E-state index is -4.52. The van der Waals surface area contributed by atoms with Crippen LogP contribution in [0, 0.1) is 31.3 Å². The van der Waals surface area contributed by atoms with Gasteiger partial charge in [-0.3, -0.25) is 4.79 Å². The van der Waals surface area contributed by atoms with Crippen LogP contribution in [0.5, 0.6) is 0 Å². The Bertz CT molecular complexity index is 1170. The van der Waals surface area contributed by atoms with E-state index in [9.17, 15) is 26.4 Å². The van der Waals surface area contributed by atoms with Crippen molar-refractivity contribution in [1.82, 2.24) is 14.5 Å². The molecule has 0 atom stereocenters. The summed E-state index contributed by atoms with van der Waals surface area (Å²) in [6, 6.07) is 6.61. The molecular formula is C18H14F3N3O3S. The lowest BCUT2D eigenvalue weighted by atomic mass is 10.2. The Labute approximate surface area is 158 Å². The Kier molecular flexibility index (Phi) is 4.99. The molecule has 0 radical (unpaired) electrons. The number of benzene rings is 2. The molecule has 1 aromatic heterocycles. The van der Waals surface area contributed by atoms with Crippen LogP contribution < -0.4 is 4.72 Å². The van der Waals surface area contributed by atoms with Crippen molar-refractivity contribution in [2.24, 2.45) is 0 Å². The van der Waals surface area contributed by atoms with E-state index in [2.05, 4.69) is 5.10 Å². The molecule has 10 heteroatoms. The highest BCUT2D eigenvalue weighted by Crippen LogP contribution is 2.20. The van der Waals surface area contributed by atoms with Crippen LogP contribution in [0.4, 0.5) is 13.2 Å². The SMILES string of the molecule is Cc1ccc(S(=O)(=O)NC(=O)c2nn(-c3c(F)cccc3F)cc2C)c(F)c1. The quantitative estimate of drug-likeness (QED) is 0.718. The summed E-state index contributed by atoms with van der Waals surface area (Å²) in [5.74, 6) is -4.00. The molecule has 1 heterocycles. The predicted octanol–water partition coefficient (Wildman–Crippen LogP) is 3.03. The van der Waals surface area contributed by atoms with Crippen LogP contribution in [0.25, 0.3) is 5.69 Å². The molecule has 0 saturated heterocycles. The van der Waals surface area contributed by atoms with E-state index in [4.69, 9.17) is 0 Å². The Morgan fingerprint density at radius 1 is 1.04 bits per heavy atom. The van der Waals surface area contributed by atoms with E-state index in [0.29, 0.717) is 5.56 Å². The molecule has 2 aromatic carbocycles. The van der Waals surface area contributed by atoms with Crippen LogP contribution in [0.2, 0.25) is 0 Å². The highest BCUT2D eigenvalue weighted by molar-refractivity contribution is 7.90. The first-order valence-electron chi connectivity index (χ1n) is 7.94. The van der Waals surface area contributed by atoms with Crippen LogP contribution >= 0.6 is 0 Å². The number of sulfonamides is 1. The molecular weight excluding hydrogens is 395 g/mol. The van der Waals surface area contributed by atoms with E-state index in [1.807, 2.05) is 0 Å². The van der Waals surface area contributed by atoms with Gasteiger partial charge in [0.2, 0.25) is 0 Å². The van der Waals surface area contributed by atoms with E-state index in [1.54, 1.807) is 11.6 Å². The van der Waals surface area contributed by atoms with Gasteiger partial charge in [-0.1, -0.05) is 12.1 Å². The van der Waals surface area contributed by atoms with Crippen molar-refractivity contribution in [3.8, 4) is 5.69 Å². The lowest BCUT2D eigenvalue weighted by Gasteiger charge is -2.08. The van der Waals surface area contributed by atoms with Gasteiger partial charge >= 0.3 is 0 Å². The molecule has 146 valence electrons. The van der Waals surface area contributed by atoms with E-state index < -0.39 is 44.0 Å². The standard InChI is InChI=1S/C18H14F3N3O3S/c1-10-6-7-15(14(21)8-10)28(26,27)23-18(25)16-11(2)9-24(22-16)17-12(19)4-3-5-13(17)20/h3-9H,1-2H3,(H,23,25). The van der Waals surface area contributed by atoms with Gasteiger partial charge in [-0.2, -0.15) is 5.10 Å². The van der Waals surface area contributed by atoms with E-state index in [0.717, 1.165) is 28.9 Å². The van der Waals surface area contributed by atoms with Crippen molar-refractivity contribution in [2.75, 3.05) is 0 Å². The summed E-state index contributed by atoms with van der Waals surface area (Å²) < 4.78 is 68.9. The lowest BCUT2D eigenvalue weighted by molar-refractivity contribution is 0.0975. The monoisotopic (exact) mass is 409 g/mol. The summed E-state index contributed by atoms with van der Waals surface area (Å²) in [7, 11) is -4.52. The summed E-state index contributed by atoms with van der Waals surface area (Å²) in [6.07, 6.45) is 1.18. The zero-order valence-corrected chi connectivity index (χ0v) is 15.5. The van der Waals surface area contributed by atoms with Crippen molar-refractivity contribution in [3.63, 3.8) is 0 Å². The number of para-hydroxylation sites is 1. The minimum absolute atomic E-state index is 0.166. The van der Waals surface area contributed by atoms with Gasteiger partial charge in [-0.05, 0) is 43.7 Å². The zero-order valence-electron chi connectivity index (χ0n) is 14.7. The Morgan fingerprint density at radius 2 is 1.68 bits per heavy atom. The third-order valence-corrected chi connectivity index (χ3v) is 5.25. The molecule has 28 heavy (non-hydrogen) atoms. The summed E-state index contributed by atoms with van der Waals surface area (Å²) in [5.41, 5.74) is -0.222. The largest absolute Gasteiger partial charge is 0.285 e. The average Bonchev–Trinajstić information content (AvgIpc) is 2.95. The summed E-state index contributed by atoms with van der Waals surface area (Å²) >= 11 is 0. The number of nitrogens with zero attached hydrogens (tertiary/aromatic N) is 2. The maximum absolute atomic E-state index is 14.0. The summed E-state index contributed by atoms with van der Waals surface area (Å²) in [5, 5.41) is 3.78. The number of aromatic nitrogens is 2. The van der Waals surface area contributed by atoms with E-state index >= 15 is 0 Å². The average molecular weight is 409 g/mol. The first kappa shape index (κ1) is 19.6. The maximum Gasteiger partial charge on any atom is 0.285 e. The highest BCUT2D eigenvalue weighted by Gasteiger charge is 2.25. The second-order valence-electron chi connectivity index (χ2n) is 6.04. The molecule has 0 aliphatic heterocycles. The van der Waals surface area contributed by atoms with Gasteiger partial charge < -0.3 is 0 Å². The number of hydrogen-bond acceptors (Lipinski definition) is 4. The number of carbonyl (C=O) groups excluding carboxylic acids is 1. The minimum Gasteiger partial charge on any atom is -0.266 e. The molecule has 0 spiro atoms. The first-order chi connectivity index (χ1) is 13.1. The van der Waals surface area contributed by atoms with Gasteiger partial charge in [0.1, 0.15) is 16.4 Å². The fraction of sp³-hybridized carbons (Fsp3) is 0.111. The number of rotatable bonds is 4. The molecule has 1 amide bonds. The fourth-order valence-electron chi connectivity index (χ4n) is 2.56. The second-order valence-corrected chi connectivity index (χ2v) is 7.69. The van der Waals surface area contributed by atoms with Crippen molar-refractivity contribution in [3.05, 3.63) is 76.9 Å². The molecule has 0 unspecified atom stereocenters. The Balaban J connectivity index is 1.95. The van der Waals surface area contributed by atoms with Gasteiger partial charge in [0.05, 0.1) is 0 Å². The van der Waals surface area contributed by atoms with Crippen molar-refractivity contribution in [2.45, 2.75) is 18.7 Å². The third kappa shape index (κ3) is 3.63. The molecule has 6 nitrogen and oxygen atoms in total. The van der Waals surface area contributed by atoms with Gasteiger partial charge in [-0.25, -0.2) is 31.0 Å². The number of carbonyl (C=O) groups is 1. The lowest BCUT2D eigenvalue weighted by Crippen LogP contribution is -2.32. The number of halogens is 3. The van der Waals surface area contributed by atoms with Crippen LogP contribution in [0.3, 0.4) is 0 Å². The van der Waals surface area contributed by atoms with Crippen LogP contribution in [0.15, 0.2) is 47.5 Å². The highest BCUT2D eigenvalue weighted by atomic mass is 32.2. The predicted molar refractivity (Wildman–Crippen MR) is 94.0 cm³/mol. The smallest absolute Gasteiger partial charge is 0.266 e. The Morgan fingerprint density at radius 3 is 2.29 bits per heavy atom. The van der Waals surface area contributed by atoms with Crippen molar-refractivity contribution >= 4 is 15.9 Å². The zero-order chi connectivity index (χ0) is 20.6. The van der Waals surface area contributed by atoms with Crippen LogP contribution in [-0.2, 0) is 10.0 Å². The first-order valence-corrected chi connectivity index (χ1v) is 9.42. The number of aryl methyl sites for hydroxylation is 2. The number of hydrogen-bond donors (Lipinski definition) is 1. The second kappa shape index (κ2) is 7.12. The fourth-order valence-corrected chi connectivity index (χ4v) is 3.57.